The third-order valence-corrected chi connectivity index (χ3v) is 9.04. The predicted octanol–water partition coefficient (Wildman–Crippen LogP) is 1.67. The van der Waals surface area contributed by atoms with Gasteiger partial charge >= 0.3 is 5.97 Å². The van der Waals surface area contributed by atoms with E-state index < -0.39 is 42.1 Å². The lowest BCUT2D eigenvalue weighted by Crippen LogP contribution is -2.62. The van der Waals surface area contributed by atoms with Crippen LogP contribution < -0.4 is 0 Å². The van der Waals surface area contributed by atoms with Crippen molar-refractivity contribution in [2.75, 3.05) is 13.2 Å². The summed E-state index contributed by atoms with van der Waals surface area (Å²) >= 11 is 0. The lowest BCUT2D eigenvalue weighted by Gasteiger charge is -2.60. The molecule has 0 aromatic carbocycles. The monoisotopic (exact) mass is 435 g/mol. The minimum atomic E-state index is -1.58. The quantitative estimate of drug-likeness (QED) is 0.482. The van der Waals surface area contributed by atoms with Gasteiger partial charge in [0.25, 0.3) is 0 Å². The molecule has 3 fully saturated rings. The number of oxime groups is 1. The van der Waals surface area contributed by atoms with Crippen molar-refractivity contribution in [3.8, 4) is 0 Å². The Kier molecular flexibility index (Phi) is 5.55. The average Bonchev–Trinajstić information content (AvgIpc) is 2.98. The Morgan fingerprint density at radius 3 is 2.65 bits per heavy atom. The highest BCUT2D eigenvalue weighted by Crippen LogP contribution is 2.67. The fourth-order valence-corrected chi connectivity index (χ4v) is 7.54. The van der Waals surface area contributed by atoms with E-state index >= 15 is 0 Å². The van der Waals surface area contributed by atoms with Gasteiger partial charge in [-0.1, -0.05) is 24.6 Å². The van der Waals surface area contributed by atoms with E-state index in [1.807, 2.05) is 13.0 Å². The SMILES string of the molecule is CC12CCC(=NOCC(=O)O)C=C1CCC1C2C(O)CC2(C)C1CCC2(O)C(=O)CO. The van der Waals surface area contributed by atoms with Gasteiger partial charge in [-0.3, -0.25) is 4.79 Å². The van der Waals surface area contributed by atoms with Gasteiger partial charge < -0.3 is 25.3 Å². The Balaban J connectivity index is 1.62. The number of hydrogen-bond acceptors (Lipinski definition) is 7. The third kappa shape index (κ3) is 3.26. The van der Waals surface area contributed by atoms with E-state index in [2.05, 4.69) is 12.1 Å². The van der Waals surface area contributed by atoms with E-state index in [9.17, 15) is 24.9 Å². The maximum atomic E-state index is 12.5. The number of ketones is 1. The highest BCUT2D eigenvalue weighted by atomic mass is 16.6. The number of aliphatic carboxylic acids is 1. The van der Waals surface area contributed by atoms with E-state index in [1.165, 1.54) is 5.57 Å². The number of carbonyl (C=O) groups excluding carboxylic acids is 1. The molecule has 0 heterocycles. The molecule has 3 saturated carbocycles. The van der Waals surface area contributed by atoms with Crippen LogP contribution in [-0.2, 0) is 14.4 Å². The largest absolute Gasteiger partial charge is 0.479 e. The van der Waals surface area contributed by atoms with Gasteiger partial charge in [0.2, 0.25) is 6.61 Å². The highest BCUT2D eigenvalue weighted by molar-refractivity contribution is 5.96. The van der Waals surface area contributed by atoms with Crippen LogP contribution in [-0.4, -0.2) is 62.8 Å². The molecule has 4 aliphatic rings. The second kappa shape index (κ2) is 7.67. The van der Waals surface area contributed by atoms with Gasteiger partial charge in [0, 0.05) is 5.41 Å². The summed E-state index contributed by atoms with van der Waals surface area (Å²) in [7, 11) is 0. The molecule has 0 bridgehead atoms. The molecule has 0 spiro atoms. The topological polar surface area (TPSA) is 137 Å². The number of carboxylic acids is 1. The molecule has 7 unspecified atom stereocenters. The average molecular weight is 436 g/mol. The van der Waals surface area contributed by atoms with E-state index in [4.69, 9.17) is 9.94 Å². The summed E-state index contributed by atoms with van der Waals surface area (Å²) in [5.41, 5.74) is -0.594. The van der Waals surface area contributed by atoms with Gasteiger partial charge in [-0.15, -0.1) is 0 Å². The van der Waals surface area contributed by atoms with Crippen molar-refractivity contribution in [2.24, 2.45) is 33.7 Å². The van der Waals surface area contributed by atoms with Gasteiger partial charge in [-0.05, 0) is 74.2 Å². The molecule has 4 N–H and O–H groups in total. The molecule has 0 amide bonds. The standard InChI is InChI=1S/C23H33NO7/c1-21-7-5-14(24-31-12-19(28)29)9-13(21)3-4-15-16-6-8-23(30,18(27)11-25)22(16,2)10-17(26)20(15)21/h9,15-17,20,25-26,30H,3-8,10-12H2,1-2H3,(H,28,29). The lowest BCUT2D eigenvalue weighted by atomic mass is 9.45. The van der Waals surface area contributed by atoms with Crippen LogP contribution >= 0.6 is 0 Å². The van der Waals surface area contributed by atoms with Crippen LogP contribution in [0.3, 0.4) is 0 Å². The summed E-state index contributed by atoms with van der Waals surface area (Å²) in [4.78, 5) is 28.0. The van der Waals surface area contributed by atoms with Crippen molar-refractivity contribution < 1.29 is 34.9 Å². The van der Waals surface area contributed by atoms with Crippen LogP contribution in [0.25, 0.3) is 0 Å². The van der Waals surface area contributed by atoms with E-state index in [0.29, 0.717) is 19.3 Å². The number of carbonyl (C=O) groups is 2. The van der Waals surface area contributed by atoms with Crippen molar-refractivity contribution in [3.05, 3.63) is 11.6 Å². The van der Waals surface area contributed by atoms with Crippen molar-refractivity contribution in [1.82, 2.24) is 0 Å². The fraction of sp³-hybridized carbons (Fsp3) is 0.783. The van der Waals surface area contributed by atoms with Crippen LogP contribution in [0, 0.1) is 28.6 Å². The highest BCUT2D eigenvalue weighted by Gasteiger charge is 2.68. The van der Waals surface area contributed by atoms with Crippen LogP contribution in [0.2, 0.25) is 0 Å². The molecule has 0 aliphatic heterocycles. The Hall–Kier alpha value is -1.77. The summed E-state index contributed by atoms with van der Waals surface area (Å²) in [6.45, 7) is 2.95. The molecule has 31 heavy (non-hydrogen) atoms. The lowest BCUT2D eigenvalue weighted by molar-refractivity contribution is -0.181. The first-order valence-electron chi connectivity index (χ1n) is 11.2. The van der Waals surface area contributed by atoms with Crippen LogP contribution in [0.5, 0.6) is 0 Å². The first kappa shape index (κ1) is 22.4. The zero-order chi connectivity index (χ0) is 22.6. The molecule has 7 atom stereocenters. The van der Waals surface area contributed by atoms with Gasteiger partial charge in [0.15, 0.2) is 5.78 Å². The molecule has 4 rings (SSSR count). The number of Topliss-reactive ketones (excluding diaryl/α,β-unsaturated/α-hetero) is 1. The number of aliphatic hydroxyl groups excluding tert-OH is 2. The van der Waals surface area contributed by atoms with Crippen molar-refractivity contribution in [2.45, 2.75) is 70.5 Å². The normalized spacial score (nSPS) is 45.3. The zero-order valence-electron chi connectivity index (χ0n) is 18.2. The Bertz CT molecular complexity index is 838. The predicted molar refractivity (Wildman–Crippen MR) is 111 cm³/mol. The Morgan fingerprint density at radius 2 is 1.97 bits per heavy atom. The summed E-state index contributed by atoms with van der Waals surface area (Å²) in [6.07, 6.45) is 5.86. The molecular weight excluding hydrogens is 402 g/mol. The minimum absolute atomic E-state index is 0.0265. The zero-order valence-corrected chi connectivity index (χ0v) is 18.2. The summed E-state index contributed by atoms with van der Waals surface area (Å²) < 4.78 is 0. The van der Waals surface area contributed by atoms with Crippen LogP contribution in [0.15, 0.2) is 16.8 Å². The summed E-state index contributed by atoms with van der Waals surface area (Å²) in [6, 6.07) is 0. The molecule has 4 aliphatic carbocycles. The summed E-state index contributed by atoms with van der Waals surface area (Å²) in [5.74, 6) is -1.26. The van der Waals surface area contributed by atoms with E-state index in [-0.39, 0.29) is 23.2 Å². The molecular formula is C23H33NO7. The molecule has 0 aromatic rings. The first-order chi connectivity index (χ1) is 14.6. The van der Waals surface area contributed by atoms with Crippen LogP contribution in [0.4, 0.5) is 0 Å². The Labute approximate surface area is 182 Å². The first-order valence-corrected chi connectivity index (χ1v) is 11.2. The fourth-order valence-electron chi connectivity index (χ4n) is 7.54. The van der Waals surface area contributed by atoms with E-state index in [0.717, 1.165) is 31.4 Å². The number of carboxylic acid groups (broad SMARTS) is 1. The van der Waals surface area contributed by atoms with Crippen LogP contribution in [0.1, 0.15) is 58.8 Å². The number of hydrogen-bond donors (Lipinski definition) is 4. The Morgan fingerprint density at radius 1 is 1.23 bits per heavy atom. The maximum Gasteiger partial charge on any atom is 0.344 e. The van der Waals surface area contributed by atoms with Gasteiger partial charge in [0.05, 0.1) is 11.8 Å². The smallest absolute Gasteiger partial charge is 0.344 e. The molecule has 0 radical (unpaired) electrons. The second-order valence-corrected chi connectivity index (χ2v) is 10.3. The molecule has 0 saturated heterocycles. The second-order valence-electron chi connectivity index (χ2n) is 10.3. The number of allylic oxidation sites excluding steroid dienone is 2. The third-order valence-electron chi connectivity index (χ3n) is 9.04. The number of nitrogens with zero attached hydrogens (tertiary/aromatic N) is 1. The molecule has 8 nitrogen and oxygen atoms in total. The molecule has 8 heteroatoms. The van der Waals surface area contributed by atoms with Gasteiger partial charge in [-0.2, -0.15) is 0 Å². The maximum absolute atomic E-state index is 12.5. The van der Waals surface area contributed by atoms with Crippen molar-refractivity contribution in [1.29, 1.82) is 0 Å². The van der Waals surface area contributed by atoms with Gasteiger partial charge in [0.1, 0.15) is 12.2 Å². The number of rotatable bonds is 5. The number of fused-ring (bicyclic) bond motifs is 5. The van der Waals surface area contributed by atoms with Crippen molar-refractivity contribution >= 4 is 17.5 Å². The number of aliphatic hydroxyl groups is 3. The van der Waals surface area contributed by atoms with E-state index in [1.54, 1.807) is 0 Å². The van der Waals surface area contributed by atoms with Gasteiger partial charge in [-0.25, -0.2) is 4.79 Å². The molecule has 172 valence electrons. The van der Waals surface area contributed by atoms with Crippen molar-refractivity contribution in [3.63, 3.8) is 0 Å². The summed E-state index contributed by atoms with van der Waals surface area (Å²) in [5, 5.41) is 44.8. The minimum Gasteiger partial charge on any atom is -0.479 e. The molecule has 0 aromatic heterocycles.